The van der Waals surface area contributed by atoms with Crippen LogP contribution in [0.2, 0.25) is 5.02 Å². The topological polar surface area (TPSA) is 42.4 Å². The molecule has 1 fully saturated rings. The van der Waals surface area contributed by atoms with E-state index >= 15 is 0 Å². The standard InChI is InChI=1S/C23H23ClN2O2/c24-20-8-5-17(6-9-20)15-28-16-18-11-13-26(14-12-18)23(27)22-10-7-19-3-1-2-4-21(19)25-22/h1-10,18H,11-16H2. The number of aromatic nitrogens is 1. The minimum Gasteiger partial charge on any atom is -0.376 e. The minimum atomic E-state index is 0.0197. The maximum absolute atomic E-state index is 12.8. The molecule has 2 heterocycles. The van der Waals surface area contributed by atoms with Crippen molar-refractivity contribution in [3.63, 3.8) is 0 Å². The van der Waals surface area contributed by atoms with Gasteiger partial charge in [-0.2, -0.15) is 0 Å². The van der Waals surface area contributed by atoms with E-state index in [2.05, 4.69) is 4.98 Å². The van der Waals surface area contributed by atoms with Gasteiger partial charge in [0.15, 0.2) is 0 Å². The summed E-state index contributed by atoms with van der Waals surface area (Å²) in [5.74, 6) is 0.507. The Bertz CT molecular complexity index is 950. The van der Waals surface area contributed by atoms with Gasteiger partial charge in [0.2, 0.25) is 0 Å². The van der Waals surface area contributed by atoms with Gasteiger partial charge < -0.3 is 9.64 Å². The van der Waals surface area contributed by atoms with Crippen LogP contribution in [0.1, 0.15) is 28.9 Å². The summed E-state index contributed by atoms with van der Waals surface area (Å²) in [6.07, 6.45) is 1.92. The first-order valence-corrected chi connectivity index (χ1v) is 10.0. The summed E-state index contributed by atoms with van der Waals surface area (Å²) < 4.78 is 5.87. The van der Waals surface area contributed by atoms with Crippen LogP contribution < -0.4 is 0 Å². The van der Waals surface area contributed by atoms with Crippen molar-refractivity contribution < 1.29 is 9.53 Å². The summed E-state index contributed by atoms with van der Waals surface area (Å²) in [5.41, 5.74) is 2.51. The number of ether oxygens (including phenoxy) is 1. The Hall–Kier alpha value is -2.43. The van der Waals surface area contributed by atoms with Crippen molar-refractivity contribution in [3.05, 3.63) is 76.9 Å². The van der Waals surface area contributed by atoms with E-state index in [1.54, 1.807) is 0 Å². The second kappa shape index (κ2) is 8.72. The van der Waals surface area contributed by atoms with Crippen LogP contribution in [0.25, 0.3) is 10.9 Å². The first kappa shape index (κ1) is 18.9. The molecular weight excluding hydrogens is 372 g/mol. The highest BCUT2D eigenvalue weighted by Crippen LogP contribution is 2.21. The number of pyridine rings is 1. The molecule has 144 valence electrons. The molecule has 5 heteroatoms. The van der Waals surface area contributed by atoms with E-state index in [-0.39, 0.29) is 5.91 Å². The lowest BCUT2D eigenvalue weighted by atomic mass is 9.97. The molecule has 0 saturated carbocycles. The second-order valence-electron chi connectivity index (χ2n) is 7.27. The molecule has 1 aliphatic rings. The van der Waals surface area contributed by atoms with Crippen molar-refractivity contribution in [1.82, 2.24) is 9.88 Å². The predicted molar refractivity (Wildman–Crippen MR) is 111 cm³/mol. The van der Waals surface area contributed by atoms with Gasteiger partial charge in [0.05, 0.1) is 12.1 Å². The number of para-hydroxylation sites is 1. The second-order valence-corrected chi connectivity index (χ2v) is 7.70. The number of halogens is 1. The fourth-order valence-corrected chi connectivity index (χ4v) is 3.70. The first-order valence-electron chi connectivity index (χ1n) is 9.66. The van der Waals surface area contributed by atoms with E-state index in [1.807, 2.05) is 65.6 Å². The largest absolute Gasteiger partial charge is 0.376 e. The number of likely N-dealkylation sites (tertiary alicyclic amines) is 1. The van der Waals surface area contributed by atoms with Crippen molar-refractivity contribution in [2.24, 2.45) is 5.92 Å². The SMILES string of the molecule is O=C(c1ccc2ccccc2n1)N1CCC(COCc2ccc(Cl)cc2)CC1. The van der Waals surface area contributed by atoms with E-state index in [0.717, 1.165) is 54.0 Å². The van der Waals surface area contributed by atoms with Crippen LogP contribution in [0.3, 0.4) is 0 Å². The highest BCUT2D eigenvalue weighted by Gasteiger charge is 2.24. The van der Waals surface area contributed by atoms with Crippen LogP contribution in [0.4, 0.5) is 0 Å². The third kappa shape index (κ3) is 4.51. The number of rotatable bonds is 5. The number of amides is 1. The molecule has 2 aromatic carbocycles. The lowest BCUT2D eigenvalue weighted by molar-refractivity contribution is 0.0475. The van der Waals surface area contributed by atoms with E-state index in [4.69, 9.17) is 16.3 Å². The third-order valence-electron chi connectivity index (χ3n) is 5.25. The van der Waals surface area contributed by atoms with Gasteiger partial charge in [-0.25, -0.2) is 4.98 Å². The maximum atomic E-state index is 12.8. The van der Waals surface area contributed by atoms with Crippen molar-refractivity contribution in [3.8, 4) is 0 Å². The highest BCUT2D eigenvalue weighted by molar-refractivity contribution is 6.30. The molecule has 0 aliphatic carbocycles. The summed E-state index contributed by atoms with van der Waals surface area (Å²) in [7, 11) is 0. The molecular formula is C23H23ClN2O2. The Labute approximate surface area is 170 Å². The lowest BCUT2D eigenvalue weighted by Gasteiger charge is -2.31. The Morgan fingerprint density at radius 1 is 1.04 bits per heavy atom. The van der Waals surface area contributed by atoms with Crippen LogP contribution in [0, 0.1) is 5.92 Å². The van der Waals surface area contributed by atoms with Gasteiger partial charge in [0.25, 0.3) is 5.91 Å². The minimum absolute atomic E-state index is 0.0197. The van der Waals surface area contributed by atoms with E-state index in [9.17, 15) is 4.79 Å². The maximum Gasteiger partial charge on any atom is 0.272 e. The number of nitrogens with zero attached hydrogens (tertiary/aromatic N) is 2. The molecule has 1 amide bonds. The Balaban J connectivity index is 1.27. The average Bonchev–Trinajstić information content (AvgIpc) is 2.75. The van der Waals surface area contributed by atoms with Gasteiger partial charge in [-0.15, -0.1) is 0 Å². The van der Waals surface area contributed by atoms with Crippen LogP contribution in [-0.4, -0.2) is 35.5 Å². The molecule has 4 nitrogen and oxygen atoms in total. The monoisotopic (exact) mass is 394 g/mol. The van der Waals surface area contributed by atoms with Gasteiger partial charge in [0, 0.05) is 30.1 Å². The highest BCUT2D eigenvalue weighted by atomic mass is 35.5. The van der Waals surface area contributed by atoms with Gasteiger partial charge in [-0.05, 0) is 48.6 Å². The molecule has 0 N–H and O–H groups in total. The van der Waals surface area contributed by atoms with E-state index in [0.29, 0.717) is 18.2 Å². The number of piperidine rings is 1. The Kier molecular flexibility index (Phi) is 5.89. The molecule has 0 unspecified atom stereocenters. The quantitative estimate of drug-likeness (QED) is 0.614. The van der Waals surface area contributed by atoms with Gasteiger partial charge in [-0.1, -0.05) is 48.0 Å². The van der Waals surface area contributed by atoms with Gasteiger partial charge >= 0.3 is 0 Å². The molecule has 0 bridgehead atoms. The van der Waals surface area contributed by atoms with Crippen LogP contribution in [0.15, 0.2) is 60.7 Å². The zero-order chi connectivity index (χ0) is 19.3. The zero-order valence-electron chi connectivity index (χ0n) is 15.7. The number of benzene rings is 2. The van der Waals surface area contributed by atoms with Crippen molar-refractivity contribution in [2.45, 2.75) is 19.4 Å². The number of fused-ring (bicyclic) bond motifs is 1. The summed E-state index contributed by atoms with van der Waals surface area (Å²) in [4.78, 5) is 19.2. The van der Waals surface area contributed by atoms with Gasteiger partial charge in [0.1, 0.15) is 5.69 Å². The van der Waals surface area contributed by atoms with Gasteiger partial charge in [-0.3, -0.25) is 4.79 Å². The Morgan fingerprint density at radius 2 is 1.79 bits per heavy atom. The van der Waals surface area contributed by atoms with Crippen molar-refractivity contribution in [1.29, 1.82) is 0 Å². The smallest absolute Gasteiger partial charge is 0.272 e. The normalized spacial score (nSPS) is 15.1. The fraction of sp³-hybridized carbons (Fsp3) is 0.304. The number of carbonyl (C=O) groups is 1. The molecule has 1 aromatic heterocycles. The zero-order valence-corrected chi connectivity index (χ0v) is 16.4. The summed E-state index contributed by atoms with van der Waals surface area (Å²) in [6.45, 7) is 2.82. The summed E-state index contributed by atoms with van der Waals surface area (Å²) in [5, 5.41) is 1.79. The van der Waals surface area contributed by atoms with Crippen LogP contribution in [0.5, 0.6) is 0 Å². The number of hydrogen-bond acceptors (Lipinski definition) is 3. The van der Waals surface area contributed by atoms with Crippen LogP contribution in [-0.2, 0) is 11.3 Å². The van der Waals surface area contributed by atoms with E-state index in [1.165, 1.54) is 0 Å². The van der Waals surface area contributed by atoms with Crippen molar-refractivity contribution >= 4 is 28.4 Å². The molecule has 1 saturated heterocycles. The van der Waals surface area contributed by atoms with Crippen LogP contribution >= 0.6 is 11.6 Å². The molecule has 28 heavy (non-hydrogen) atoms. The predicted octanol–water partition coefficient (Wildman–Crippen LogP) is 4.96. The summed E-state index contributed by atoms with van der Waals surface area (Å²) in [6, 6.07) is 19.4. The van der Waals surface area contributed by atoms with Crippen molar-refractivity contribution in [2.75, 3.05) is 19.7 Å². The first-order chi connectivity index (χ1) is 13.7. The average molecular weight is 395 g/mol. The number of hydrogen-bond donors (Lipinski definition) is 0. The number of carbonyl (C=O) groups excluding carboxylic acids is 1. The third-order valence-corrected chi connectivity index (χ3v) is 5.51. The Morgan fingerprint density at radius 3 is 2.57 bits per heavy atom. The molecule has 0 radical (unpaired) electrons. The van der Waals surface area contributed by atoms with E-state index < -0.39 is 0 Å². The molecule has 0 spiro atoms. The molecule has 3 aromatic rings. The molecule has 1 aliphatic heterocycles. The fourth-order valence-electron chi connectivity index (χ4n) is 3.57. The lowest BCUT2D eigenvalue weighted by Crippen LogP contribution is -2.39. The molecule has 0 atom stereocenters. The molecule has 4 rings (SSSR count). The summed E-state index contributed by atoms with van der Waals surface area (Å²) >= 11 is 5.90.